The summed E-state index contributed by atoms with van der Waals surface area (Å²) in [5.74, 6) is 0.798. The third kappa shape index (κ3) is 3.37. The number of hydrogen-bond donors (Lipinski definition) is 1. The molecule has 2 aromatic carbocycles. The van der Waals surface area contributed by atoms with E-state index in [-0.39, 0.29) is 0 Å². The van der Waals surface area contributed by atoms with Gasteiger partial charge in [-0.3, -0.25) is 0 Å². The van der Waals surface area contributed by atoms with Crippen LogP contribution >= 0.6 is 34.8 Å². The first-order chi connectivity index (χ1) is 10.1. The minimum Gasteiger partial charge on any atom is -0.316 e. The molecule has 0 amide bonds. The predicted octanol–water partition coefficient (Wildman–Crippen LogP) is 5.51. The van der Waals surface area contributed by atoms with E-state index in [1.54, 1.807) is 0 Å². The average Bonchev–Trinajstić information content (AvgIpc) is 2.48. The molecule has 1 N–H and O–H groups in total. The first-order valence-corrected chi connectivity index (χ1v) is 8.19. The van der Waals surface area contributed by atoms with Gasteiger partial charge in [0.25, 0.3) is 0 Å². The van der Waals surface area contributed by atoms with E-state index in [0.29, 0.717) is 16.9 Å². The normalized spacial score (nSPS) is 22.2. The summed E-state index contributed by atoms with van der Waals surface area (Å²) in [4.78, 5) is 0. The summed E-state index contributed by atoms with van der Waals surface area (Å²) in [5.41, 5.74) is 2.48. The zero-order valence-electron chi connectivity index (χ0n) is 11.5. The lowest BCUT2D eigenvalue weighted by atomic mass is 9.77. The Bertz CT molecular complexity index is 624. The summed E-state index contributed by atoms with van der Waals surface area (Å²) in [5, 5.41) is 5.68. The lowest BCUT2D eigenvalue weighted by molar-refractivity contribution is 0.404. The zero-order valence-corrected chi connectivity index (χ0v) is 13.7. The number of nitrogens with one attached hydrogen (secondary N) is 1. The first kappa shape index (κ1) is 15.2. The fourth-order valence-corrected chi connectivity index (χ4v) is 3.77. The molecule has 4 heteroatoms. The fraction of sp³-hybridized carbons (Fsp3) is 0.294. The van der Waals surface area contributed by atoms with Gasteiger partial charge in [0.15, 0.2) is 0 Å². The van der Waals surface area contributed by atoms with Crippen molar-refractivity contribution in [2.75, 3.05) is 13.1 Å². The van der Waals surface area contributed by atoms with E-state index in [4.69, 9.17) is 34.8 Å². The van der Waals surface area contributed by atoms with Gasteiger partial charge in [0.1, 0.15) is 0 Å². The molecule has 110 valence electrons. The number of halogens is 3. The van der Waals surface area contributed by atoms with E-state index in [2.05, 4.69) is 23.5 Å². The molecule has 21 heavy (non-hydrogen) atoms. The van der Waals surface area contributed by atoms with Gasteiger partial charge in [-0.15, -0.1) is 0 Å². The second kappa shape index (κ2) is 6.58. The van der Waals surface area contributed by atoms with Gasteiger partial charge >= 0.3 is 0 Å². The van der Waals surface area contributed by atoms with Crippen molar-refractivity contribution < 1.29 is 0 Å². The van der Waals surface area contributed by atoms with Gasteiger partial charge in [-0.05, 0) is 54.3 Å². The van der Waals surface area contributed by atoms with Crippen molar-refractivity contribution in [1.29, 1.82) is 0 Å². The molecule has 2 aromatic rings. The summed E-state index contributed by atoms with van der Waals surface area (Å²) in [7, 11) is 0. The molecule has 1 aliphatic heterocycles. The highest BCUT2D eigenvalue weighted by molar-refractivity contribution is 6.35. The maximum absolute atomic E-state index is 6.41. The molecule has 2 atom stereocenters. The highest BCUT2D eigenvalue weighted by Crippen LogP contribution is 2.41. The predicted molar refractivity (Wildman–Crippen MR) is 90.9 cm³/mol. The van der Waals surface area contributed by atoms with Crippen molar-refractivity contribution in [2.24, 2.45) is 0 Å². The number of piperidine rings is 1. The smallest absolute Gasteiger partial charge is 0.0455 e. The molecule has 0 bridgehead atoms. The standard InChI is InChI=1S/C17H16Cl3N/c18-12-3-1-11(2-4-12)16-10-21-8-7-14(16)15-6-5-13(19)9-17(15)20/h1-6,9,14,16,21H,7-8,10H2. The molecule has 1 fully saturated rings. The summed E-state index contributed by atoms with van der Waals surface area (Å²) >= 11 is 18.4. The van der Waals surface area contributed by atoms with Crippen LogP contribution < -0.4 is 5.32 Å². The van der Waals surface area contributed by atoms with Crippen molar-refractivity contribution in [3.05, 3.63) is 68.7 Å². The van der Waals surface area contributed by atoms with E-state index >= 15 is 0 Å². The number of rotatable bonds is 2. The lowest BCUT2D eigenvalue weighted by Crippen LogP contribution is -2.34. The minimum absolute atomic E-state index is 0.398. The molecule has 0 radical (unpaired) electrons. The maximum atomic E-state index is 6.41. The zero-order chi connectivity index (χ0) is 14.8. The van der Waals surface area contributed by atoms with Gasteiger partial charge < -0.3 is 5.32 Å². The third-order valence-electron chi connectivity index (χ3n) is 4.14. The number of hydrogen-bond acceptors (Lipinski definition) is 1. The Morgan fingerprint density at radius 3 is 2.29 bits per heavy atom. The van der Waals surface area contributed by atoms with Crippen molar-refractivity contribution in [1.82, 2.24) is 5.32 Å². The van der Waals surface area contributed by atoms with Crippen LogP contribution in [-0.4, -0.2) is 13.1 Å². The Kier molecular flexibility index (Phi) is 4.75. The summed E-state index contributed by atoms with van der Waals surface area (Å²) in [6.07, 6.45) is 1.06. The second-order valence-electron chi connectivity index (χ2n) is 5.42. The van der Waals surface area contributed by atoms with E-state index in [0.717, 1.165) is 29.6 Å². The van der Waals surface area contributed by atoms with Crippen molar-refractivity contribution >= 4 is 34.8 Å². The van der Waals surface area contributed by atoms with Gasteiger partial charge in [-0.25, -0.2) is 0 Å². The van der Waals surface area contributed by atoms with Crippen molar-refractivity contribution in [3.63, 3.8) is 0 Å². The molecular weight excluding hydrogens is 325 g/mol. The van der Waals surface area contributed by atoms with Crippen LogP contribution in [0.3, 0.4) is 0 Å². The monoisotopic (exact) mass is 339 g/mol. The SMILES string of the molecule is Clc1ccc(C2CNCCC2c2ccc(Cl)cc2Cl)cc1. The van der Waals surface area contributed by atoms with Crippen LogP contribution in [0, 0.1) is 0 Å². The molecule has 2 unspecified atom stereocenters. The van der Waals surface area contributed by atoms with Gasteiger partial charge in [0, 0.05) is 27.5 Å². The van der Waals surface area contributed by atoms with Crippen LogP contribution in [0.2, 0.25) is 15.1 Å². The molecular formula is C17H16Cl3N. The highest BCUT2D eigenvalue weighted by atomic mass is 35.5. The number of benzene rings is 2. The molecule has 3 rings (SSSR count). The molecule has 0 aliphatic carbocycles. The topological polar surface area (TPSA) is 12.0 Å². The average molecular weight is 341 g/mol. The van der Waals surface area contributed by atoms with Gasteiger partial charge in [-0.2, -0.15) is 0 Å². The Balaban J connectivity index is 1.96. The van der Waals surface area contributed by atoms with E-state index in [9.17, 15) is 0 Å². The molecule has 1 aliphatic rings. The lowest BCUT2D eigenvalue weighted by Gasteiger charge is -2.33. The molecule has 0 spiro atoms. The largest absolute Gasteiger partial charge is 0.316 e. The van der Waals surface area contributed by atoms with Crippen LogP contribution in [0.5, 0.6) is 0 Å². The van der Waals surface area contributed by atoms with Crippen LogP contribution in [-0.2, 0) is 0 Å². The Morgan fingerprint density at radius 1 is 0.857 bits per heavy atom. The molecule has 0 saturated carbocycles. The minimum atomic E-state index is 0.398. The van der Waals surface area contributed by atoms with Gasteiger partial charge in [-0.1, -0.05) is 53.0 Å². The van der Waals surface area contributed by atoms with E-state index in [1.165, 1.54) is 11.1 Å². The van der Waals surface area contributed by atoms with Crippen molar-refractivity contribution in [3.8, 4) is 0 Å². The van der Waals surface area contributed by atoms with Crippen LogP contribution in [0.25, 0.3) is 0 Å². The Morgan fingerprint density at radius 2 is 1.57 bits per heavy atom. The fourth-order valence-electron chi connectivity index (χ4n) is 3.09. The molecule has 1 nitrogen and oxygen atoms in total. The van der Waals surface area contributed by atoms with Crippen molar-refractivity contribution in [2.45, 2.75) is 18.3 Å². The van der Waals surface area contributed by atoms with Crippen LogP contribution in [0.1, 0.15) is 29.4 Å². The maximum Gasteiger partial charge on any atom is 0.0455 e. The van der Waals surface area contributed by atoms with Crippen LogP contribution in [0.15, 0.2) is 42.5 Å². The molecule has 0 aromatic heterocycles. The van der Waals surface area contributed by atoms with Crippen LogP contribution in [0.4, 0.5) is 0 Å². The van der Waals surface area contributed by atoms with E-state index in [1.807, 2.05) is 24.3 Å². The highest BCUT2D eigenvalue weighted by Gasteiger charge is 2.29. The molecule has 1 heterocycles. The van der Waals surface area contributed by atoms with Gasteiger partial charge in [0.2, 0.25) is 0 Å². The van der Waals surface area contributed by atoms with Gasteiger partial charge in [0.05, 0.1) is 0 Å². The quantitative estimate of drug-likeness (QED) is 0.760. The summed E-state index contributed by atoms with van der Waals surface area (Å²) in [6.45, 7) is 1.96. The summed E-state index contributed by atoms with van der Waals surface area (Å²) < 4.78 is 0. The second-order valence-corrected chi connectivity index (χ2v) is 6.70. The van der Waals surface area contributed by atoms with E-state index < -0.39 is 0 Å². The summed E-state index contributed by atoms with van der Waals surface area (Å²) in [6, 6.07) is 13.9. The third-order valence-corrected chi connectivity index (χ3v) is 4.96. The molecule has 1 saturated heterocycles. The Hall–Kier alpha value is -0.730. The Labute approximate surface area is 140 Å². The first-order valence-electron chi connectivity index (χ1n) is 7.06.